The second kappa shape index (κ2) is 6.22. The third-order valence-corrected chi connectivity index (χ3v) is 4.98. The van der Waals surface area contributed by atoms with Crippen molar-refractivity contribution in [2.45, 2.75) is 38.9 Å². The summed E-state index contributed by atoms with van der Waals surface area (Å²) in [6.07, 6.45) is 2.10. The van der Waals surface area contributed by atoms with Crippen molar-refractivity contribution >= 4 is 11.3 Å². The van der Waals surface area contributed by atoms with Crippen molar-refractivity contribution in [2.24, 2.45) is 0 Å². The van der Waals surface area contributed by atoms with Crippen LogP contribution in [0.4, 0.5) is 0 Å². The van der Waals surface area contributed by atoms with Crippen LogP contribution in [0.2, 0.25) is 0 Å². The predicted molar refractivity (Wildman–Crippen MR) is 91.3 cm³/mol. The zero-order chi connectivity index (χ0) is 15.6. The van der Waals surface area contributed by atoms with Gasteiger partial charge in [-0.05, 0) is 13.3 Å². The lowest BCUT2D eigenvalue weighted by molar-refractivity contribution is 0.357. The Bertz CT molecular complexity index is 792. The SMILES string of the molecule is Cc1nc2n(n1)C[C@@H](NCc1nc(-c3ccccc3)cs1)CC2. The van der Waals surface area contributed by atoms with Gasteiger partial charge in [0.05, 0.1) is 12.2 Å². The molecule has 0 amide bonds. The molecule has 0 unspecified atom stereocenters. The molecule has 1 aromatic carbocycles. The first-order chi connectivity index (χ1) is 11.3. The first-order valence-corrected chi connectivity index (χ1v) is 8.79. The molecule has 1 aliphatic heterocycles. The van der Waals surface area contributed by atoms with Gasteiger partial charge in [-0.3, -0.25) is 0 Å². The van der Waals surface area contributed by atoms with Crippen LogP contribution < -0.4 is 5.32 Å². The summed E-state index contributed by atoms with van der Waals surface area (Å²) in [5.41, 5.74) is 2.24. The molecule has 0 spiro atoms. The van der Waals surface area contributed by atoms with Gasteiger partial charge in [0, 0.05) is 30.0 Å². The number of aryl methyl sites for hydroxylation is 2. The third kappa shape index (κ3) is 3.18. The molecule has 118 valence electrons. The van der Waals surface area contributed by atoms with Crippen LogP contribution in [0.25, 0.3) is 11.3 Å². The van der Waals surface area contributed by atoms with Crippen molar-refractivity contribution in [2.75, 3.05) is 0 Å². The van der Waals surface area contributed by atoms with Crippen LogP contribution in [0, 0.1) is 6.92 Å². The highest BCUT2D eigenvalue weighted by atomic mass is 32.1. The number of nitrogens with zero attached hydrogens (tertiary/aromatic N) is 4. The van der Waals surface area contributed by atoms with Crippen LogP contribution in [0.15, 0.2) is 35.7 Å². The Morgan fingerprint density at radius 1 is 1.26 bits per heavy atom. The summed E-state index contributed by atoms with van der Waals surface area (Å²) < 4.78 is 2.04. The maximum absolute atomic E-state index is 4.73. The summed E-state index contributed by atoms with van der Waals surface area (Å²) in [6.45, 7) is 3.66. The fraction of sp³-hybridized carbons (Fsp3) is 0.353. The molecule has 0 fully saturated rings. The van der Waals surface area contributed by atoms with Crippen molar-refractivity contribution < 1.29 is 0 Å². The molecule has 0 saturated heterocycles. The summed E-state index contributed by atoms with van der Waals surface area (Å²) in [5.74, 6) is 1.98. The topological polar surface area (TPSA) is 55.6 Å². The van der Waals surface area contributed by atoms with E-state index in [4.69, 9.17) is 4.98 Å². The van der Waals surface area contributed by atoms with Gasteiger partial charge in [0.25, 0.3) is 0 Å². The molecule has 0 bridgehead atoms. The summed E-state index contributed by atoms with van der Waals surface area (Å²) in [5, 5.41) is 11.3. The van der Waals surface area contributed by atoms with Crippen LogP contribution in [-0.2, 0) is 19.5 Å². The van der Waals surface area contributed by atoms with Crippen LogP contribution >= 0.6 is 11.3 Å². The van der Waals surface area contributed by atoms with Gasteiger partial charge < -0.3 is 5.32 Å². The molecule has 0 radical (unpaired) electrons. The molecule has 3 heterocycles. The number of fused-ring (bicyclic) bond motifs is 1. The summed E-state index contributed by atoms with van der Waals surface area (Å²) in [4.78, 5) is 9.19. The Kier molecular flexibility index (Phi) is 3.93. The van der Waals surface area contributed by atoms with Crippen molar-refractivity contribution in [1.29, 1.82) is 0 Å². The minimum absolute atomic E-state index is 0.438. The Morgan fingerprint density at radius 3 is 3.00 bits per heavy atom. The minimum atomic E-state index is 0.438. The molecule has 0 saturated carbocycles. The van der Waals surface area contributed by atoms with Crippen molar-refractivity contribution in [3.8, 4) is 11.3 Å². The standard InChI is InChI=1S/C17H19N5S/c1-12-19-16-8-7-14(10-22(16)21-12)18-9-17-20-15(11-23-17)13-5-3-2-4-6-13/h2-6,11,14,18H,7-10H2,1H3/t14-/m0/s1. The first-order valence-electron chi connectivity index (χ1n) is 7.91. The third-order valence-electron chi connectivity index (χ3n) is 4.13. The maximum atomic E-state index is 4.73. The van der Waals surface area contributed by atoms with Gasteiger partial charge in [-0.2, -0.15) is 5.10 Å². The smallest absolute Gasteiger partial charge is 0.147 e. The van der Waals surface area contributed by atoms with Gasteiger partial charge in [0.15, 0.2) is 0 Å². The van der Waals surface area contributed by atoms with Gasteiger partial charge in [-0.1, -0.05) is 30.3 Å². The second-order valence-corrected chi connectivity index (χ2v) is 6.81. The van der Waals surface area contributed by atoms with Gasteiger partial charge >= 0.3 is 0 Å². The molecule has 6 heteroatoms. The van der Waals surface area contributed by atoms with Crippen molar-refractivity contribution in [3.05, 3.63) is 52.4 Å². The van der Waals surface area contributed by atoms with Crippen LogP contribution in [-0.4, -0.2) is 25.8 Å². The second-order valence-electron chi connectivity index (χ2n) is 5.87. The highest BCUT2D eigenvalue weighted by Crippen LogP contribution is 2.22. The van der Waals surface area contributed by atoms with Crippen molar-refractivity contribution in [1.82, 2.24) is 25.1 Å². The summed E-state index contributed by atoms with van der Waals surface area (Å²) in [6, 6.07) is 10.8. The number of rotatable bonds is 4. The lowest BCUT2D eigenvalue weighted by Crippen LogP contribution is -2.37. The zero-order valence-corrected chi connectivity index (χ0v) is 13.9. The minimum Gasteiger partial charge on any atom is -0.306 e. The average Bonchev–Trinajstić information content (AvgIpc) is 3.18. The molecule has 5 nitrogen and oxygen atoms in total. The number of nitrogens with one attached hydrogen (secondary N) is 1. The maximum Gasteiger partial charge on any atom is 0.147 e. The van der Waals surface area contributed by atoms with Gasteiger partial charge in [0.1, 0.15) is 16.7 Å². The number of hydrogen-bond donors (Lipinski definition) is 1. The Labute approximate surface area is 139 Å². The molecular formula is C17H19N5S. The molecule has 23 heavy (non-hydrogen) atoms. The van der Waals surface area contributed by atoms with E-state index in [1.54, 1.807) is 11.3 Å². The first kappa shape index (κ1) is 14.5. The lowest BCUT2D eigenvalue weighted by atomic mass is 10.1. The summed E-state index contributed by atoms with van der Waals surface area (Å²) in [7, 11) is 0. The van der Waals surface area contributed by atoms with Gasteiger partial charge in [-0.25, -0.2) is 14.6 Å². The fourth-order valence-corrected chi connectivity index (χ4v) is 3.72. The Morgan fingerprint density at radius 2 is 2.13 bits per heavy atom. The number of thiazole rings is 1. The number of hydrogen-bond acceptors (Lipinski definition) is 5. The van der Waals surface area contributed by atoms with E-state index in [2.05, 4.69) is 32.9 Å². The van der Waals surface area contributed by atoms with Crippen LogP contribution in [0.1, 0.15) is 23.1 Å². The number of benzene rings is 1. The molecule has 1 aliphatic rings. The van der Waals surface area contributed by atoms with E-state index >= 15 is 0 Å². The highest BCUT2D eigenvalue weighted by molar-refractivity contribution is 7.09. The van der Waals surface area contributed by atoms with E-state index < -0.39 is 0 Å². The Hall–Kier alpha value is -2.05. The molecular weight excluding hydrogens is 306 g/mol. The lowest BCUT2D eigenvalue weighted by Gasteiger charge is -2.23. The van der Waals surface area contributed by atoms with E-state index in [1.807, 2.05) is 29.8 Å². The molecule has 0 aliphatic carbocycles. The monoisotopic (exact) mass is 325 g/mol. The molecule has 4 rings (SSSR count). The van der Waals surface area contributed by atoms with Gasteiger partial charge in [0.2, 0.25) is 0 Å². The Balaban J connectivity index is 1.38. The summed E-state index contributed by atoms with van der Waals surface area (Å²) >= 11 is 1.71. The normalized spacial score (nSPS) is 17.2. The average molecular weight is 325 g/mol. The zero-order valence-electron chi connectivity index (χ0n) is 13.1. The quantitative estimate of drug-likeness (QED) is 0.801. The molecule has 1 N–H and O–H groups in total. The molecule has 1 atom stereocenters. The van der Waals surface area contributed by atoms with E-state index in [0.717, 1.165) is 48.3 Å². The van der Waals surface area contributed by atoms with E-state index in [0.29, 0.717) is 6.04 Å². The largest absolute Gasteiger partial charge is 0.306 e. The van der Waals surface area contributed by atoms with Crippen LogP contribution in [0.3, 0.4) is 0 Å². The molecule has 2 aromatic heterocycles. The van der Waals surface area contributed by atoms with Gasteiger partial charge in [-0.15, -0.1) is 11.3 Å². The van der Waals surface area contributed by atoms with E-state index in [-0.39, 0.29) is 0 Å². The van der Waals surface area contributed by atoms with Crippen LogP contribution in [0.5, 0.6) is 0 Å². The van der Waals surface area contributed by atoms with E-state index in [9.17, 15) is 0 Å². The predicted octanol–water partition coefficient (Wildman–Crippen LogP) is 2.81. The molecule has 3 aromatic rings. The highest BCUT2D eigenvalue weighted by Gasteiger charge is 2.20. The number of aromatic nitrogens is 4. The van der Waals surface area contributed by atoms with Crippen molar-refractivity contribution in [3.63, 3.8) is 0 Å². The fourth-order valence-electron chi connectivity index (χ4n) is 2.97. The van der Waals surface area contributed by atoms with E-state index in [1.165, 1.54) is 5.56 Å².